The molecule has 5 heteroatoms. The van der Waals surface area contributed by atoms with Crippen molar-refractivity contribution < 1.29 is 9.59 Å². The second-order valence-corrected chi connectivity index (χ2v) is 6.29. The fourth-order valence-electron chi connectivity index (χ4n) is 2.87. The van der Waals surface area contributed by atoms with Crippen LogP contribution < -0.4 is 11.1 Å². The number of nitrogens with zero attached hydrogens (tertiary/aromatic N) is 1. The van der Waals surface area contributed by atoms with E-state index in [1.165, 1.54) is 6.92 Å². The van der Waals surface area contributed by atoms with Gasteiger partial charge in [-0.15, -0.1) is 0 Å². The maximum Gasteiger partial charge on any atom is 0.222 e. The Labute approximate surface area is 122 Å². The zero-order valence-electron chi connectivity index (χ0n) is 13.0. The van der Waals surface area contributed by atoms with Crippen molar-refractivity contribution in [3.05, 3.63) is 0 Å². The zero-order chi connectivity index (χ0) is 15.1. The van der Waals surface area contributed by atoms with Crippen molar-refractivity contribution in [3.8, 4) is 0 Å². The fourth-order valence-corrected chi connectivity index (χ4v) is 2.87. The van der Waals surface area contributed by atoms with Gasteiger partial charge in [0.05, 0.1) is 0 Å². The summed E-state index contributed by atoms with van der Waals surface area (Å²) in [5, 5.41) is 2.92. The molecule has 1 rings (SSSR count). The van der Waals surface area contributed by atoms with E-state index in [0.717, 1.165) is 32.4 Å². The molecule has 0 bridgehead atoms. The summed E-state index contributed by atoms with van der Waals surface area (Å²) in [4.78, 5) is 25.2. The second-order valence-electron chi connectivity index (χ2n) is 6.29. The molecule has 1 heterocycles. The Kier molecular flexibility index (Phi) is 6.99. The van der Waals surface area contributed by atoms with Gasteiger partial charge in [0.25, 0.3) is 0 Å². The molecule has 0 aromatic rings. The van der Waals surface area contributed by atoms with Crippen molar-refractivity contribution >= 4 is 11.8 Å². The lowest BCUT2D eigenvalue weighted by molar-refractivity contribution is -0.133. The molecule has 0 aromatic carbocycles. The van der Waals surface area contributed by atoms with Crippen LogP contribution in [0.2, 0.25) is 0 Å². The lowest BCUT2D eigenvalue weighted by Gasteiger charge is -2.33. The number of rotatable bonds is 6. The maximum atomic E-state index is 12.3. The van der Waals surface area contributed by atoms with Gasteiger partial charge in [0, 0.05) is 32.5 Å². The minimum Gasteiger partial charge on any atom is -0.353 e. The summed E-state index contributed by atoms with van der Waals surface area (Å²) in [6.07, 6.45) is 3.26. The van der Waals surface area contributed by atoms with Crippen molar-refractivity contribution in [2.75, 3.05) is 19.6 Å². The van der Waals surface area contributed by atoms with E-state index in [-0.39, 0.29) is 23.8 Å². The lowest BCUT2D eigenvalue weighted by atomic mass is 9.93. The number of piperidine rings is 1. The van der Waals surface area contributed by atoms with Gasteiger partial charge in [-0.1, -0.05) is 13.8 Å². The highest BCUT2D eigenvalue weighted by molar-refractivity contribution is 5.76. The number of hydrogen-bond acceptors (Lipinski definition) is 3. The molecule has 0 aromatic heterocycles. The largest absolute Gasteiger partial charge is 0.353 e. The summed E-state index contributed by atoms with van der Waals surface area (Å²) in [6, 6.07) is 0.220. The molecule has 1 fully saturated rings. The van der Waals surface area contributed by atoms with Gasteiger partial charge >= 0.3 is 0 Å². The van der Waals surface area contributed by atoms with Gasteiger partial charge in [0.1, 0.15) is 0 Å². The normalized spacial score (nSPS) is 18.1. The Morgan fingerprint density at radius 1 is 1.30 bits per heavy atom. The van der Waals surface area contributed by atoms with E-state index >= 15 is 0 Å². The Morgan fingerprint density at radius 3 is 2.35 bits per heavy atom. The topological polar surface area (TPSA) is 75.4 Å². The quantitative estimate of drug-likeness (QED) is 0.767. The molecule has 116 valence electrons. The van der Waals surface area contributed by atoms with Crippen molar-refractivity contribution in [3.63, 3.8) is 0 Å². The van der Waals surface area contributed by atoms with Crippen molar-refractivity contribution in [2.24, 2.45) is 17.6 Å². The highest BCUT2D eigenvalue weighted by atomic mass is 16.2. The van der Waals surface area contributed by atoms with Crippen LogP contribution in [0.25, 0.3) is 0 Å². The summed E-state index contributed by atoms with van der Waals surface area (Å²) < 4.78 is 0. The molecule has 0 saturated carbocycles. The van der Waals surface area contributed by atoms with E-state index < -0.39 is 0 Å². The average molecular weight is 283 g/mol. The van der Waals surface area contributed by atoms with E-state index in [9.17, 15) is 9.59 Å². The lowest BCUT2D eigenvalue weighted by Crippen LogP contribution is -2.46. The zero-order valence-corrected chi connectivity index (χ0v) is 13.0. The Hall–Kier alpha value is -1.10. The SMILES string of the molecule is CC(=O)NC1CCN(C(=O)CC(CN)CC(C)C)CC1. The van der Waals surface area contributed by atoms with E-state index in [1.54, 1.807) is 0 Å². The molecular weight excluding hydrogens is 254 g/mol. The van der Waals surface area contributed by atoms with Crippen LogP contribution in [0.1, 0.15) is 46.5 Å². The molecule has 2 amide bonds. The number of likely N-dealkylation sites (tertiary alicyclic amines) is 1. The first-order chi connectivity index (χ1) is 9.42. The van der Waals surface area contributed by atoms with Gasteiger partial charge in [-0.25, -0.2) is 0 Å². The van der Waals surface area contributed by atoms with Crippen LogP contribution in [0.3, 0.4) is 0 Å². The summed E-state index contributed by atoms with van der Waals surface area (Å²) in [5.74, 6) is 1.08. The first kappa shape index (κ1) is 17.0. The minimum absolute atomic E-state index is 0.00917. The van der Waals surface area contributed by atoms with Crippen LogP contribution in [0.5, 0.6) is 0 Å². The van der Waals surface area contributed by atoms with Crippen molar-refractivity contribution in [2.45, 2.75) is 52.5 Å². The highest BCUT2D eigenvalue weighted by Crippen LogP contribution is 2.18. The van der Waals surface area contributed by atoms with Crippen LogP contribution in [-0.4, -0.2) is 42.4 Å². The average Bonchev–Trinajstić information content (AvgIpc) is 2.37. The summed E-state index contributed by atoms with van der Waals surface area (Å²) >= 11 is 0. The Morgan fingerprint density at radius 2 is 1.90 bits per heavy atom. The third-order valence-electron chi connectivity index (χ3n) is 3.86. The van der Waals surface area contributed by atoms with Gasteiger partial charge in [-0.3, -0.25) is 9.59 Å². The predicted octanol–water partition coefficient (Wildman–Crippen LogP) is 1.12. The van der Waals surface area contributed by atoms with E-state index in [0.29, 0.717) is 18.9 Å². The van der Waals surface area contributed by atoms with Gasteiger partial charge in [-0.2, -0.15) is 0 Å². The van der Waals surface area contributed by atoms with E-state index in [4.69, 9.17) is 5.73 Å². The number of carbonyl (C=O) groups is 2. The standard InChI is InChI=1S/C15H29N3O2/c1-11(2)8-13(10-16)9-15(20)18-6-4-14(5-7-18)17-12(3)19/h11,13-14H,4-10,16H2,1-3H3,(H,17,19). The van der Waals surface area contributed by atoms with Crippen LogP contribution in [-0.2, 0) is 9.59 Å². The fraction of sp³-hybridized carbons (Fsp3) is 0.867. The third kappa shape index (κ3) is 5.90. The molecule has 1 saturated heterocycles. The van der Waals surface area contributed by atoms with Crippen LogP contribution >= 0.6 is 0 Å². The van der Waals surface area contributed by atoms with Crippen molar-refractivity contribution in [1.82, 2.24) is 10.2 Å². The Bertz CT molecular complexity index is 323. The first-order valence-electron chi connectivity index (χ1n) is 7.67. The van der Waals surface area contributed by atoms with Gasteiger partial charge in [0.15, 0.2) is 0 Å². The number of nitrogens with one attached hydrogen (secondary N) is 1. The molecule has 5 nitrogen and oxygen atoms in total. The van der Waals surface area contributed by atoms with Gasteiger partial charge in [-0.05, 0) is 37.6 Å². The second kappa shape index (κ2) is 8.25. The van der Waals surface area contributed by atoms with E-state index in [1.807, 2.05) is 4.90 Å². The summed E-state index contributed by atoms with van der Waals surface area (Å²) in [5.41, 5.74) is 5.76. The minimum atomic E-state index is 0.00917. The molecule has 1 unspecified atom stereocenters. The molecule has 1 aliphatic rings. The maximum absolute atomic E-state index is 12.3. The smallest absolute Gasteiger partial charge is 0.222 e. The molecule has 1 atom stereocenters. The van der Waals surface area contributed by atoms with Crippen LogP contribution in [0, 0.1) is 11.8 Å². The summed E-state index contributed by atoms with van der Waals surface area (Å²) in [6.45, 7) is 7.91. The van der Waals surface area contributed by atoms with Gasteiger partial charge in [0.2, 0.25) is 11.8 Å². The highest BCUT2D eigenvalue weighted by Gasteiger charge is 2.24. The number of nitrogens with two attached hydrogens (primary N) is 1. The summed E-state index contributed by atoms with van der Waals surface area (Å²) in [7, 11) is 0. The van der Waals surface area contributed by atoms with E-state index in [2.05, 4.69) is 19.2 Å². The number of hydrogen-bond donors (Lipinski definition) is 2. The van der Waals surface area contributed by atoms with Crippen LogP contribution in [0.15, 0.2) is 0 Å². The Balaban J connectivity index is 2.36. The number of carbonyl (C=O) groups excluding carboxylic acids is 2. The van der Waals surface area contributed by atoms with Crippen molar-refractivity contribution in [1.29, 1.82) is 0 Å². The molecule has 0 spiro atoms. The van der Waals surface area contributed by atoms with Gasteiger partial charge < -0.3 is 16.0 Å². The molecule has 0 radical (unpaired) electrons. The molecule has 1 aliphatic heterocycles. The monoisotopic (exact) mass is 283 g/mol. The third-order valence-corrected chi connectivity index (χ3v) is 3.86. The number of amides is 2. The molecular formula is C15H29N3O2. The van der Waals surface area contributed by atoms with Crippen LogP contribution in [0.4, 0.5) is 0 Å². The molecule has 0 aliphatic carbocycles. The predicted molar refractivity (Wildman–Crippen MR) is 80.0 cm³/mol. The first-order valence-corrected chi connectivity index (χ1v) is 7.67. The molecule has 3 N–H and O–H groups in total. The molecule has 20 heavy (non-hydrogen) atoms.